The third kappa shape index (κ3) is 1.85. The molecule has 6 rings (SSSR count). The van der Waals surface area contributed by atoms with Gasteiger partial charge in [-0.2, -0.15) is 0 Å². The second-order valence-electron chi connectivity index (χ2n) is 9.43. The van der Waals surface area contributed by atoms with Crippen LogP contribution in [0.1, 0.15) is 46.0 Å². The van der Waals surface area contributed by atoms with Crippen molar-refractivity contribution >= 4 is 5.97 Å². The molecule has 6 heterocycles. The van der Waals surface area contributed by atoms with E-state index in [9.17, 15) is 9.90 Å². The van der Waals surface area contributed by atoms with Gasteiger partial charge in [0.05, 0.1) is 31.3 Å². The second kappa shape index (κ2) is 5.77. The fourth-order valence-corrected chi connectivity index (χ4v) is 7.69. The van der Waals surface area contributed by atoms with E-state index in [0.29, 0.717) is 29.2 Å². The first-order valence-corrected chi connectivity index (χ1v) is 11.0. The van der Waals surface area contributed by atoms with Gasteiger partial charge in [-0.1, -0.05) is 26.7 Å². The summed E-state index contributed by atoms with van der Waals surface area (Å²) in [6.07, 6.45) is 5.95. The van der Waals surface area contributed by atoms with Gasteiger partial charge in [0, 0.05) is 17.9 Å². The molecule has 0 radical (unpaired) electrons. The maximum atomic E-state index is 12.2. The van der Waals surface area contributed by atoms with Crippen molar-refractivity contribution in [2.45, 2.75) is 69.4 Å². The largest absolute Gasteiger partial charge is 0.492 e. The summed E-state index contributed by atoms with van der Waals surface area (Å²) in [6.45, 7) is 5.11. The molecule has 1 N–H and O–H groups in total. The monoisotopic (exact) mass is 403 g/mol. The molecule has 6 aliphatic rings. The topological polar surface area (TPSA) is 77.5 Å². The van der Waals surface area contributed by atoms with E-state index in [0.717, 1.165) is 19.4 Å². The zero-order valence-electron chi connectivity index (χ0n) is 17.3. The summed E-state index contributed by atoms with van der Waals surface area (Å²) in [7, 11) is 1.49. The van der Waals surface area contributed by atoms with Crippen LogP contribution in [0.5, 0.6) is 0 Å². The van der Waals surface area contributed by atoms with Crippen LogP contribution < -0.4 is 0 Å². The van der Waals surface area contributed by atoms with Gasteiger partial charge in [0.2, 0.25) is 11.5 Å². The van der Waals surface area contributed by atoms with Crippen molar-refractivity contribution in [1.82, 2.24) is 4.90 Å². The van der Waals surface area contributed by atoms with Gasteiger partial charge in [0.25, 0.3) is 0 Å². The first-order valence-electron chi connectivity index (χ1n) is 11.0. The summed E-state index contributed by atoms with van der Waals surface area (Å²) in [5.74, 6) is 0.712. The molecule has 6 aliphatic heterocycles. The minimum atomic E-state index is -0.622. The molecule has 0 aromatic rings. The summed E-state index contributed by atoms with van der Waals surface area (Å²) in [5, 5.41) is 9.59. The number of methoxy groups -OCH3 is 1. The normalized spacial score (nSPS) is 51.1. The Hall–Kier alpha value is -1.57. The Kier molecular flexibility index (Phi) is 3.62. The molecule has 0 amide bonds. The maximum Gasteiger partial charge on any atom is 0.345 e. The third-order valence-electron chi connectivity index (χ3n) is 8.56. The molecule has 29 heavy (non-hydrogen) atoms. The van der Waals surface area contributed by atoms with Crippen molar-refractivity contribution < 1.29 is 28.8 Å². The predicted molar refractivity (Wildman–Crippen MR) is 101 cm³/mol. The van der Waals surface area contributed by atoms with Gasteiger partial charge in [-0.15, -0.1) is 0 Å². The highest BCUT2D eigenvalue weighted by molar-refractivity contribution is 5.94. The third-order valence-corrected chi connectivity index (χ3v) is 8.56. The van der Waals surface area contributed by atoms with Crippen molar-refractivity contribution in [3.63, 3.8) is 0 Å². The van der Waals surface area contributed by atoms with Crippen LogP contribution >= 0.6 is 0 Å². The molecular weight excluding hydrogens is 374 g/mol. The number of allylic oxidation sites excluding steroid dienone is 1. The first kappa shape index (κ1) is 18.2. The van der Waals surface area contributed by atoms with E-state index in [-0.39, 0.29) is 29.1 Å². The number of aliphatic hydroxyl groups is 1. The molecule has 5 bridgehead atoms. The summed E-state index contributed by atoms with van der Waals surface area (Å²) < 4.78 is 24.5. The highest BCUT2D eigenvalue weighted by Gasteiger charge is 2.84. The second-order valence-corrected chi connectivity index (χ2v) is 9.43. The zero-order chi connectivity index (χ0) is 20.1. The maximum absolute atomic E-state index is 12.2. The number of ether oxygens (including phenoxy) is 4. The quantitative estimate of drug-likeness (QED) is 0.704. The van der Waals surface area contributed by atoms with Crippen LogP contribution in [0.2, 0.25) is 0 Å². The fourth-order valence-electron chi connectivity index (χ4n) is 7.69. The molecule has 5 saturated heterocycles. The highest BCUT2D eigenvalue weighted by Crippen LogP contribution is 2.73. The van der Waals surface area contributed by atoms with Gasteiger partial charge >= 0.3 is 5.97 Å². The summed E-state index contributed by atoms with van der Waals surface area (Å²) in [5.41, 5.74) is 0.261. The minimum absolute atomic E-state index is 0.0531. The number of piperidine rings is 1. The lowest BCUT2D eigenvalue weighted by Crippen LogP contribution is -2.61. The van der Waals surface area contributed by atoms with Crippen molar-refractivity contribution in [2.24, 2.45) is 17.8 Å². The van der Waals surface area contributed by atoms with E-state index in [1.807, 2.05) is 0 Å². The number of fused-ring (bicyclic) bond motifs is 1. The van der Waals surface area contributed by atoms with Crippen LogP contribution in [0.3, 0.4) is 0 Å². The Bertz CT molecular complexity index is 850. The lowest BCUT2D eigenvalue weighted by atomic mass is 9.69. The van der Waals surface area contributed by atoms with Crippen LogP contribution in [-0.4, -0.2) is 59.7 Å². The lowest BCUT2D eigenvalue weighted by Gasteiger charge is -2.48. The number of carbonyl (C=O) groups excluding carboxylic acids is 1. The molecular formula is C22H29NO6. The van der Waals surface area contributed by atoms with Crippen molar-refractivity contribution in [3.05, 3.63) is 22.9 Å². The van der Waals surface area contributed by atoms with Crippen molar-refractivity contribution in [3.8, 4) is 0 Å². The van der Waals surface area contributed by atoms with Crippen LogP contribution in [-0.2, 0) is 23.7 Å². The molecule has 7 nitrogen and oxygen atoms in total. The van der Waals surface area contributed by atoms with E-state index in [2.05, 4.69) is 18.7 Å². The average molecular weight is 403 g/mol. The molecule has 2 unspecified atom stereocenters. The number of aliphatic hydroxyl groups excluding tert-OH is 1. The van der Waals surface area contributed by atoms with E-state index >= 15 is 0 Å². The number of cyclic esters (lactones) is 1. The summed E-state index contributed by atoms with van der Waals surface area (Å²) in [6, 6.07) is 0.446. The number of rotatable bonds is 5. The summed E-state index contributed by atoms with van der Waals surface area (Å²) >= 11 is 0. The number of hydrogen-bond acceptors (Lipinski definition) is 7. The molecule has 7 heteroatoms. The van der Waals surface area contributed by atoms with Gasteiger partial charge in [0.1, 0.15) is 11.3 Å². The Morgan fingerprint density at radius 2 is 2.21 bits per heavy atom. The van der Waals surface area contributed by atoms with E-state index in [1.165, 1.54) is 26.4 Å². The fraction of sp³-hybridized carbons (Fsp3) is 0.773. The molecule has 0 aliphatic carbocycles. The minimum Gasteiger partial charge on any atom is -0.492 e. The average Bonchev–Trinajstić information content (AvgIpc) is 3.42. The SMILES string of the molecule is CCCC[C@]12C3CCN1[C@H]1C[C@@H]2O[C@@]32O/C(=C3\OC(=O)C(CO)=C3OC)[C@@H](C)[C@H]12. The molecule has 8 atom stereocenters. The predicted octanol–water partition coefficient (Wildman–Crippen LogP) is 2.06. The van der Waals surface area contributed by atoms with Gasteiger partial charge < -0.3 is 24.1 Å². The molecule has 0 aromatic heterocycles. The number of unbranched alkanes of at least 4 members (excludes halogenated alkanes) is 1. The number of hydrogen-bond donors (Lipinski definition) is 1. The molecule has 158 valence electrons. The lowest BCUT2D eigenvalue weighted by molar-refractivity contribution is -0.256. The standard InChI is InChI=1S/C22H29NO6/c1-4-5-7-21-14-6-8-23(21)13-9-15(21)28-22(14)16(13)11(2)17(29-22)19-18(26-3)12(10-24)20(25)27-19/h11,13-16,24H,4-10H2,1-3H3/b19-17-/t11-,13-,14?,15-,16+,21+,22+/m0/s1. The number of carbonyl (C=O) groups is 1. The van der Waals surface area contributed by atoms with Gasteiger partial charge in [0.15, 0.2) is 5.76 Å². The Labute approximate surface area is 170 Å². The van der Waals surface area contributed by atoms with Crippen LogP contribution in [0.15, 0.2) is 22.9 Å². The Morgan fingerprint density at radius 1 is 1.38 bits per heavy atom. The highest BCUT2D eigenvalue weighted by atomic mass is 16.7. The molecule has 0 aromatic carbocycles. The van der Waals surface area contributed by atoms with Crippen LogP contribution in [0.4, 0.5) is 0 Å². The molecule has 1 spiro atoms. The van der Waals surface area contributed by atoms with Crippen molar-refractivity contribution in [1.29, 1.82) is 0 Å². The molecule has 0 saturated carbocycles. The first-order chi connectivity index (χ1) is 14.0. The van der Waals surface area contributed by atoms with Crippen LogP contribution in [0, 0.1) is 17.8 Å². The molecule has 5 fully saturated rings. The van der Waals surface area contributed by atoms with Gasteiger partial charge in [-0.05, 0) is 25.8 Å². The van der Waals surface area contributed by atoms with Gasteiger partial charge in [-0.3, -0.25) is 4.90 Å². The van der Waals surface area contributed by atoms with E-state index in [1.54, 1.807) is 0 Å². The van der Waals surface area contributed by atoms with Crippen LogP contribution in [0.25, 0.3) is 0 Å². The zero-order valence-corrected chi connectivity index (χ0v) is 17.3. The Balaban J connectivity index is 1.46. The number of esters is 1. The summed E-state index contributed by atoms with van der Waals surface area (Å²) in [4.78, 5) is 15.0. The number of nitrogens with zero attached hydrogens (tertiary/aromatic N) is 1. The van der Waals surface area contributed by atoms with Crippen molar-refractivity contribution in [2.75, 3.05) is 20.3 Å². The smallest absolute Gasteiger partial charge is 0.345 e. The Morgan fingerprint density at radius 3 is 2.93 bits per heavy atom. The van der Waals surface area contributed by atoms with Gasteiger partial charge in [-0.25, -0.2) is 4.79 Å². The van der Waals surface area contributed by atoms with E-state index in [4.69, 9.17) is 18.9 Å². The van der Waals surface area contributed by atoms with E-state index < -0.39 is 18.4 Å².